The third-order valence-electron chi connectivity index (χ3n) is 2.26. The summed E-state index contributed by atoms with van der Waals surface area (Å²) < 4.78 is 0. The van der Waals surface area contributed by atoms with Crippen molar-refractivity contribution in [1.29, 1.82) is 0 Å². The normalized spacial score (nSPS) is 11.9. The molecule has 1 nitrogen and oxygen atoms in total. The zero-order chi connectivity index (χ0) is 10.4. The van der Waals surface area contributed by atoms with Gasteiger partial charge in [0.2, 0.25) is 0 Å². The molecular weight excluding hydrogens is 190 g/mol. The molecule has 0 bridgehead atoms. The zero-order valence-electron chi connectivity index (χ0n) is 9.47. The quantitative estimate of drug-likeness (QED) is 0.712. The minimum absolute atomic E-state index is 0.375. The van der Waals surface area contributed by atoms with Crippen LogP contribution in [0.25, 0.3) is 0 Å². The third-order valence-corrected chi connectivity index (χ3v) is 3.14. The Morgan fingerprint density at radius 1 is 1.43 bits per heavy atom. The van der Waals surface area contributed by atoms with E-state index in [1.165, 1.54) is 17.7 Å². The number of rotatable bonds is 6. The highest BCUT2D eigenvalue weighted by Crippen LogP contribution is 2.23. The van der Waals surface area contributed by atoms with E-state index in [1.807, 2.05) is 11.3 Å². The largest absolute Gasteiger partial charge is 0.316 e. The van der Waals surface area contributed by atoms with E-state index >= 15 is 0 Å². The number of hydrogen-bond acceptors (Lipinski definition) is 2. The van der Waals surface area contributed by atoms with Crippen molar-refractivity contribution in [1.82, 2.24) is 5.32 Å². The Kier molecular flexibility index (Phi) is 4.63. The standard InChI is InChI=1S/C12H21NS/c1-4-7-13-10-12(2,3)9-11-6-5-8-14-11/h5-6,8,13H,4,7,9-10H2,1-3H3. The summed E-state index contributed by atoms with van der Waals surface area (Å²) >= 11 is 1.86. The summed E-state index contributed by atoms with van der Waals surface area (Å²) in [6.45, 7) is 9.11. The van der Waals surface area contributed by atoms with Crippen molar-refractivity contribution in [3.05, 3.63) is 22.4 Å². The Morgan fingerprint density at radius 3 is 2.79 bits per heavy atom. The molecule has 0 saturated carbocycles. The van der Waals surface area contributed by atoms with Gasteiger partial charge in [-0.05, 0) is 36.2 Å². The number of thiophene rings is 1. The Labute approximate surface area is 91.5 Å². The van der Waals surface area contributed by atoms with Gasteiger partial charge in [0.05, 0.1) is 0 Å². The lowest BCUT2D eigenvalue weighted by molar-refractivity contribution is 0.341. The van der Waals surface area contributed by atoms with Crippen LogP contribution >= 0.6 is 11.3 Å². The van der Waals surface area contributed by atoms with E-state index in [-0.39, 0.29) is 0 Å². The lowest BCUT2D eigenvalue weighted by atomic mass is 9.88. The van der Waals surface area contributed by atoms with Crippen LogP contribution in [0.3, 0.4) is 0 Å². The molecule has 1 heterocycles. The van der Waals surface area contributed by atoms with Crippen molar-refractivity contribution in [3.63, 3.8) is 0 Å². The molecule has 1 rings (SSSR count). The maximum atomic E-state index is 3.49. The molecule has 0 aliphatic rings. The second-order valence-corrected chi connectivity index (χ2v) is 5.63. The van der Waals surface area contributed by atoms with E-state index in [4.69, 9.17) is 0 Å². The van der Waals surface area contributed by atoms with Gasteiger partial charge in [0, 0.05) is 11.4 Å². The van der Waals surface area contributed by atoms with E-state index < -0.39 is 0 Å². The summed E-state index contributed by atoms with van der Waals surface area (Å²) in [4.78, 5) is 1.49. The lowest BCUT2D eigenvalue weighted by Gasteiger charge is -2.24. The van der Waals surface area contributed by atoms with Gasteiger partial charge in [-0.25, -0.2) is 0 Å². The molecular formula is C12H21NS. The first-order valence-electron chi connectivity index (χ1n) is 5.37. The second-order valence-electron chi connectivity index (χ2n) is 4.60. The topological polar surface area (TPSA) is 12.0 Å². The molecule has 0 unspecified atom stereocenters. The zero-order valence-corrected chi connectivity index (χ0v) is 10.3. The van der Waals surface area contributed by atoms with E-state index in [2.05, 4.69) is 43.6 Å². The number of nitrogens with one attached hydrogen (secondary N) is 1. The van der Waals surface area contributed by atoms with Crippen LogP contribution in [0.1, 0.15) is 32.1 Å². The van der Waals surface area contributed by atoms with Gasteiger partial charge in [0.15, 0.2) is 0 Å². The van der Waals surface area contributed by atoms with Crippen molar-refractivity contribution < 1.29 is 0 Å². The molecule has 0 fully saturated rings. The van der Waals surface area contributed by atoms with Crippen molar-refractivity contribution in [3.8, 4) is 0 Å². The molecule has 0 atom stereocenters. The Bertz CT molecular complexity index is 239. The summed E-state index contributed by atoms with van der Waals surface area (Å²) in [6, 6.07) is 4.36. The highest BCUT2D eigenvalue weighted by Gasteiger charge is 2.18. The van der Waals surface area contributed by atoms with Gasteiger partial charge in [0.1, 0.15) is 0 Å². The molecule has 1 N–H and O–H groups in total. The summed E-state index contributed by atoms with van der Waals surface area (Å²) in [7, 11) is 0. The van der Waals surface area contributed by atoms with Crippen LogP contribution in [0, 0.1) is 5.41 Å². The van der Waals surface area contributed by atoms with Crippen LogP contribution in [0.15, 0.2) is 17.5 Å². The van der Waals surface area contributed by atoms with E-state index in [0.29, 0.717) is 5.41 Å². The number of hydrogen-bond donors (Lipinski definition) is 1. The minimum Gasteiger partial charge on any atom is -0.316 e. The van der Waals surface area contributed by atoms with Gasteiger partial charge in [-0.15, -0.1) is 11.3 Å². The fraction of sp³-hybridized carbons (Fsp3) is 0.667. The van der Waals surface area contributed by atoms with Crippen molar-refractivity contribution >= 4 is 11.3 Å². The van der Waals surface area contributed by atoms with Crippen molar-refractivity contribution in [2.24, 2.45) is 5.41 Å². The molecule has 80 valence electrons. The lowest BCUT2D eigenvalue weighted by Crippen LogP contribution is -2.31. The first kappa shape index (κ1) is 11.7. The van der Waals surface area contributed by atoms with Gasteiger partial charge >= 0.3 is 0 Å². The van der Waals surface area contributed by atoms with Crippen molar-refractivity contribution in [2.45, 2.75) is 33.6 Å². The van der Waals surface area contributed by atoms with Gasteiger partial charge in [-0.1, -0.05) is 26.8 Å². The Hall–Kier alpha value is -0.340. The molecule has 0 aromatic carbocycles. The van der Waals surface area contributed by atoms with E-state index in [1.54, 1.807) is 0 Å². The maximum absolute atomic E-state index is 3.49. The highest BCUT2D eigenvalue weighted by molar-refractivity contribution is 7.09. The van der Waals surface area contributed by atoms with E-state index in [9.17, 15) is 0 Å². The van der Waals surface area contributed by atoms with Crippen LogP contribution in [-0.2, 0) is 6.42 Å². The highest BCUT2D eigenvalue weighted by atomic mass is 32.1. The molecule has 0 aliphatic carbocycles. The first-order valence-corrected chi connectivity index (χ1v) is 6.25. The summed E-state index contributed by atoms with van der Waals surface area (Å²) in [5.74, 6) is 0. The van der Waals surface area contributed by atoms with Gasteiger partial charge < -0.3 is 5.32 Å². The molecule has 0 aliphatic heterocycles. The Morgan fingerprint density at radius 2 is 2.21 bits per heavy atom. The van der Waals surface area contributed by atoms with Crippen molar-refractivity contribution in [2.75, 3.05) is 13.1 Å². The molecule has 1 aromatic rings. The molecule has 0 radical (unpaired) electrons. The molecule has 0 amide bonds. The third kappa shape index (κ3) is 4.25. The predicted octanol–water partition coefficient (Wildman–Crippen LogP) is 3.32. The monoisotopic (exact) mass is 211 g/mol. The Balaban J connectivity index is 2.33. The van der Waals surface area contributed by atoms with Crippen LogP contribution in [0.2, 0.25) is 0 Å². The molecule has 0 saturated heterocycles. The molecule has 2 heteroatoms. The average molecular weight is 211 g/mol. The molecule has 1 aromatic heterocycles. The summed E-state index contributed by atoms with van der Waals surface area (Å²) in [5.41, 5.74) is 0.375. The fourth-order valence-electron chi connectivity index (χ4n) is 1.55. The predicted molar refractivity (Wildman–Crippen MR) is 65.0 cm³/mol. The van der Waals surface area contributed by atoms with Crippen LogP contribution < -0.4 is 5.32 Å². The smallest absolute Gasteiger partial charge is 0.00510 e. The second kappa shape index (κ2) is 5.52. The van der Waals surface area contributed by atoms with Gasteiger partial charge in [-0.2, -0.15) is 0 Å². The van der Waals surface area contributed by atoms with Crippen LogP contribution in [-0.4, -0.2) is 13.1 Å². The minimum atomic E-state index is 0.375. The summed E-state index contributed by atoms with van der Waals surface area (Å²) in [5, 5.41) is 5.65. The first-order chi connectivity index (χ1) is 6.64. The van der Waals surface area contributed by atoms with E-state index in [0.717, 1.165) is 13.1 Å². The maximum Gasteiger partial charge on any atom is 0.00510 e. The van der Waals surface area contributed by atoms with Crippen LogP contribution in [0.4, 0.5) is 0 Å². The van der Waals surface area contributed by atoms with Gasteiger partial charge in [0.25, 0.3) is 0 Å². The van der Waals surface area contributed by atoms with Gasteiger partial charge in [-0.3, -0.25) is 0 Å². The molecule has 14 heavy (non-hydrogen) atoms. The SMILES string of the molecule is CCCNCC(C)(C)Cc1cccs1. The average Bonchev–Trinajstić information content (AvgIpc) is 2.56. The fourth-order valence-corrected chi connectivity index (χ4v) is 2.51. The molecule has 0 spiro atoms. The summed E-state index contributed by atoms with van der Waals surface area (Å²) in [6.07, 6.45) is 2.40. The van der Waals surface area contributed by atoms with Crippen LogP contribution in [0.5, 0.6) is 0 Å².